The molecular formula is C30H31ClN4O4. The molecule has 0 fully saturated rings. The molecular weight excluding hydrogens is 516 g/mol. The molecule has 0 aliphatic carbocycles. The van der Waals surface area contributed by atoms with Crippen LogP contribution in [0.25, 0.3) is 16.9 Å². The number of ether oxygens (including phenoxy) is 2. The summed E-state index contributed by atoms with van der Waals surface area (Å²) >= 11 is 6.09. The Morgan fingerprint density at radius 3 is 2.38 bits per heavy atom. The van der Waals surface area contributed by atoms with Crippen molar-refractivity contribution in [3.05, 3.63) is 89.4 Å². The van der Waals surface area contributed by atoms with Gasteiger partial charge < -0.3 is 19.7 Å². The summed E-state index contributed by atoms with van der Waals surface area (Å²) in [6, 6.07) is 23.7. The van der Waals surface area contributed by atoms with E-state index in [2.05, 4.69) is 5.32 Å². The molecule has 1 N–H and O–H groups in total. The van der Waals surface area contributed by atoms with Crippen molar-refractivity contribution in [2.24, 2.45) is 0 Å². The van der Waals surface area contributed by atoms with E-state index in [0.29, 0.717) is 40.1 Å². The Balaban J connectivity index is 1.61. The second-order valence-corrected chi connectivity index (χ2v) is 9.30. The van der Waals surface area contributed by atoms with Crippen molar-refractivity contribution in [1.29, 1.82) is 0 Å². The summed E-state index contributed by atoms with van der Waals surface area (Å²) in [5, 5.41) is 8.29. The predicted octanol–water partition coefficient (Wildman–Crippen LogP) is 6.09. The number of hydrogen-bond acceptors (Lipinski definition) is 5. The van der Waals surface area contributed by atoms with Gasteiger partial charge in [-0.1, -0.05) is 55.3 Å². The number of benzene rings is 3. The highest BCUT2D eigenvalue weighted by Crippen LogP contribution is 2.27. The first-order valence-electron chi connectivity index (χ1n) is 12.7. The molecule has 202 valence electrons. The van der Waals surface area contributed by atoms with Crippen LogP contribution in [0.3, 0.4) is 0 Å². The second-order valence-electron chi connectivity index (χ2n) is 8.86. The zero-order valence-electron chi connectivity index (χ0n) is 22.2. The number of nitrogens with zero attached hydrogens (tertiary/aromatic N) is 3. The van der Waals surface area contributed by atoms with Crippen LogP contribution in [0.15, 0.2) is 78.9 Å². The summed E-state index contributed by atoms with van der Waals surface area (Å²) in [5.41, 5.74) is 2.70. The first kappa shape index (κ1) is 27.7. The van der Waals surface area contributed by atoms with E-state index in [4.69, 9.17) is 26.2 Å². The highest BCUT2D eigenvalue weighted by molar-refractivity contribution is 6.30. The van der Waals surface area contributed by atoms with Gasteiger partial charge in [-0.25, -0.2) is 4.68 Å². The number of methoxy groups -OCH3 is 2. The average Bonchev–Trinajstić information content (AvgIpc) is 3.38. The number of aromatic nitrogens is 2. The zero-order chi connectivity index (χ0) is 27.8. The van der Waals surface area contributed by atoms with Crippen LogP contribution in [0.1, 0.15) is 30.1 Å². The van der Waals surface area contributed by atoms with Gasteiger partial charge in [-0.3, -0.25) is 9.59 Å². The number of anilines is 1. The molecule has 4 aromatic rings. The Bertz CT molecular complexity index is 1420. The normalized spacial score (nSPS) is 10.7. The minimum atomic E-state index is -0.346. The van der Waals surface area contributed by atoms with E-state index in [0.717, 1.165) is 24.1 Å². The first-order valence-corrected chi connectivity index (χ1v) is 13.0. The summed E-state index contributed by atoms with van der Waals surface area (Å²) < 4.78 is 12.3. The largest absolute Gasteiger partial charge is 0.497 e. The zero-order valence-corrected chi connectivity index (χ0v) is 22.9. The molecule has 9 heteroatoms. The van der Waals surface area contributed by atoms with Crippen molar-refractivity contribution >= 4 is 29.2 Å². The first-order chi connectivity index (χ1) is 18.9. The summed E-state index contributed by atoms with van der Waals surface area (Å²) in [5.74, 6) is 0.794. The smallest absolute Gasteiger partial charge is 0.258 e. The molecule has 1 heterocycles. The van der Waals surface area contributed by atoms with E-state index in [1.54, 1.807) is 42.1 Å². The molecule has 0 unspecified atom stereocenters. The summed E-state index contributed by atoms with van der Waals surface area (Å²) in [6.07, 6.45) is 1.62. The number of amides is 2. The van der Waals surface area contributed by atoms with E-state index >= 15 is 0 Å². The lowest BCUT2D eigenvalue weighted by atomic mass is 10.1. The second kappa shape index (κ2) is 13.0. The van der Waals surface area contributed by atoms with Crippen molar-refractivity contribution in [3.8, 4) is 28.4 Å². The number of nitrogens with one attached hydrogen (secondary N) is 1. The summed E-state index contributed by atoms with van der Waals surface area (Å²) in [7, 11) is 3.04. The molecule has 4 rings (SSSR count). The number of carbonyl (C=O) groups excluding carboxylic acids is 2. The number of unbranched alkanes of at least 4 members (excludes halogenated alkanes) is 1. The molecule has 0 aliphatic heterocycles. The van der Waals surface area contributed by atoms with Crippen LogP contribution in [-0.4, -0.2) is 53.8 Å². The van der Waals surface area contributed by atoms with Gasteiger partial charge in [0.05, 0.1) is 31.2 Å². The topological polar surface area (TPSA) is 85.7 Å². The number of carbonyl (C=O) groups is 2. The van der Waals surface area contributed by atoms with Gasteiger partial charge in [0.2, 0.25) is 5.91 Å². The molecule has 0 radical (unpaired) electrons. The van der Waals surface area contributed by atoms with Gasteiger partial charge >= 0.3 is 0 Å². The molecule has 8 nitrogen and oxygen atoms in total. The van der Waals surface area contributed by atoms with Gasteiger partial charge in [0, 0.05) is 29.3 Å². The van der Waals surface area contributed by atoms with Crippen LogP contribution in [-0.2, 0) is 4.79 Å². The van der Waals surface area contributed by atoms with Gasteiger partial charge in [0.15, 0.2) is 0 Å². The molecule has 3 aromatic carbocycles. The predicted molar refractivity (Wildman–Crippen MR) is 153 cm³/mol. The van der Waals surface area contributed by atoms with Crippen LogP contribution in [0, 0.1) is 0 Å². The minimum Gasteiger partial charge on any atom is -0.497 e. The van der Waals surface area contributed by atoms with Gasteiger partial charge in [0.25, 0.3) is 5.91 Å². The van der Waals surface area contributed by atoms with Crippen LogP contribution < -0.4 is 14.8 Å². The monoisotopic (exact) mass is 546 g/mol. The van der Waals surface area contributed by atoms with Crippen molar-refractivity contribution in [1.82, 2.24) is 14.7 Å². The van der Waals surface area contributed by atoms with E-state index in [1.165, 1.54) is 12.0 Å². The Morgan fingerprint density at radius 1 is 0.974 bits per heavy atom. The van der Waals surface area contributed by atoms with Gasteiger partial charge in [-0.15, -0.1) is 0 Å². The van der Waals surface area contributed by atoms with Crippen molar-refractivity contribution in [2.75, 3.05) is 32.6 Å². The Morgan fingerprint density at radius 2 is 1.72 bits per heavy atom. The standard InChI is InChI=1S/C30H31ClN4O4/c1-4-5-17-34(30(37)25-16-15-24(38-2)18-27(25)39-3)20-29(36)32-28-19-26(21-9-7-6-8-10-21)33-35(28)23-13-11-22(31)12-14-23/h6-16,18-19H,4-5,17,20H2,1-3H3,(H,32,36). The SMILES string of the molecule is CCCCN(CC(=O)Nc1cc(-c2ccccc2)nn1-c1ccc(Cl)cc1)C(=O)c1ccc(OC)cc1OC. The lowest BCUT2D eigenvalue weighted by Gasteiger charge is -2.23. The van der Waals surface area contributed by atoms with Crippen LogP contribution in [0.5, 0.6) is 11.5 Å². The molecule has 2 amide bonds. The summed E-state index contributed by atoms with van der Waals surface area (Å²) in [4.78, 5) is 28.4. The van der Waals surface area contributed by atoms with E-state index < -0.39 is 0 Å². The Hall–Kier alpha value is -4.30. The lowest BCUT2D eigenvalue weighted by Crippen LogP contribution is -2.39. The molecule has 0 bridgehead atoms. The van der Waals surface area contributed by atoms with Gasteiger partial charge in [0.1, 0.15) is 23.9 Å². The molecule has 39 heavy (non-hydrogen) atoms. The number of halogens is 1. The molecule has 0 aliphatic rings. The van der Waals surface area contributed by atoms with Crippen LogP contribution in [0.4, 0.5) is 5.82 Å². The Kier molecular flexibility index (Phi) is 9.22. The van der Waals surface area contributed by atoms with E-state index in [1.807, 2.05) is 55.5 Å². The van der Waals surface area contributed by atoms with Crippen molar-refractivity contribution in [2.45, 2.75) is 19.8 Å². The van der Waals surface area contributed by atoms with E-state index in [9.17, 15) is 9.59 Å². The fourth-order valence-electron chi connectivity index (χ4n) is 4.10. The molecule has 0 atom stereocenters. The third-order valence-electron chi connectivity index (χ3n) is 6.16. The maximum atomic E-state index is 13.5. The quantitative estimate of drug-likeness (QED) is 0.246. The van der Waals surface area contributed by atoms with Crippen LogP contribution in [0.2, 0.25) is 5.02 Å². The van der Waals surface area contributed by atoms with Crippen molar-refractivity contribution in [3.63, 3.8) is 0 Å². The molecule has 0 saturated carbocycles. The Labute approximate surface area is 233 Å². The molecule has 0 spiro atoms. The molecule has 1 aromatic heterocycles. The highest BCUT2D eigenvalue weighted by atomic mass is 35.5. The van der Waals surface area contributed by atoms with Crippen molar-refractivity contribution < 1.29 is 19.1 Å². The highest BCUT2D eigenvalue weighted by Gasteiger charge is 2.23. The van der Waals surface area contributed by atoms with Gasteiger partial charge in [-0.2, -0.15) is 5.10 Å². The third kappa shape index (κ3) is 6.78. The van der Waals surface area contributed by atoms with Crippen LogP contribution >= 0.6 is 11.6 Å². The van der Waals surface area contributed by atoms with E-state index in [-0.39, 0.29) is 18.4 Å². The fraction of sp³-hybridized carbons (Fsp3) is 0.233. The average molecular weight is 547 g/mol. The minimum absolute atomic E-state index is 0.138. The lowest BCUT2D eigenvalue weighted by molar-refractivity contribution is -0.117. The summed E-state index contributed by atoms with van der Waals surface area (Å²) in [6.45, 7) is 2.32. The molecule has 0 saturated heterocycles. The third-order valence-corrected chi connectivity index (χ3v) is 6.41. The fourth-order valence-corrected chi connectivity index (χ4v) is 4.23. The maximum Gasteiger partial charge on any atom is 0.258 e. The number of hydrogen-bond donors (Lipinski definition) is 1. The number of rotatable bonds is 11. The van der Waals surface area contributed by atoms with Gasteiger partial charge in [-0.05, 0) is 42.8 Å². The maximum absolute atomic E-state index is 13.5.